The van der Waals surface area contributed by atoms with Gasteiger partial charge in [0.2, 0.25) is 0 Å². The van der Waals surface area contributed by atoms with Gasteiger partial charge in [0.1, 0.15) is 0 Å². The summed E-state index contributed by atoms with van der Waals surface area (Å²) in [5.41, 5.74) is 1.78. The Kier molecular flexibility index (Phi) is 3.76. The number of hydrogen-bond donors (Lipinski definition) is 0. The Morgan fingerprint density at radius 2 is 1.18 bits per heavy atom. The fraction of sp³-hybridized carbons (Fsp3) is 0.143. The molecule has 0 saturated carbocycles. The summed E-state index contributed by atoms with van der Waals surface area (Å²) in [6.45, 7) is 3.69. The van der Waals surface area contributed by atoms with Gasteiger partial charge in [-0.15, -0.1) is 0 Å². The maximum atomic E-state index is 13.7. The Bertz CT molecular complexity index is 500. The summed E-state index contributed by atoms with van der Waals surface area (Å²) in [5.74, 6) is -0.449. The Morgan fingerprint density at radius 1 is 0.765 bits per heavy atom. The SMILES string of the molecule is Cc1ccc([I-]c2ccc(C)cc2F)c(F)c1. The maximum absolute atomic E-state index is 13.7. The molecule has 0 amide bonds. The zero-order valence-electron chi connectivity index (χ0n) is 9.60. The van der Waals surface area contributed by atoms with Crippen molar-refractivity contribution in [2.24, 2.45) is 0 Å². The van der Waals surface area contributed by atoms with Gasteiger partial charge in [0.05, 0.1) is 0 Å². The number of benzene rings is 2. The van der Waals surface area contributed by atoms with Crippen LogP contribution in [0.5, 0.6) is 0 Å². The van der Waals surface area contributed by atoms with Crippen molar-refractivity contribution in [1.82, 2.24) is 0 Å². The average molecular weight is 345 g/mol. The second-order valence-electron chi connectivity index (χ2n) is 3.93. The number of aryl methyl sites for hydroxylation is 2. The first-order valence-electron chi connectivity index (χ1n) is 5.23. The van der Waals surface area contributed by atoms with Gasteiger partial charge in [-0.05, 0) is 0 Å². The monoisotopic (exact) mass is 345 g/mol. The minimum atomic E-state index is -0.790. The molecular weight excluding hydrogens is 333 g/mol. The van der Waals surface area contributed by atoms with Crippen molar-refractivity contribution >= 4 is 0 Å². The van der Waals surface area contributed by atoms with Crippen molar-refractivity contribution < 1.29 is 30.0 Å². The van der Waals surface area contributed by atoms with Gasteiger partial charge in [0.15, 0.2) is 0 Å². The summed E-state index contributed by atoms with van der Waals surface area (Å²) in [5, 5.41) is 0. The molecule has 0 spiro atoms. The molecule has 90 valence electrons. The first kappa shape index (κ1) is 12.5. The Balaban J connectivity index is 2.31. The van der Waals surface area contributed by atoms with E-state index in [4.69, 9.17) is 0 Å². The van der Waals surface area contributed by atoms with Crippen LogP contribution < -0.4 is 21.2 Å². The molecule has 2 aromatic rings. The van der Waals surface area contributed by atoms with Crippen molar-refractivity contribution in [1.29, 1.82) is 0 Å². The van der Waals surface area contributed by atoms with Gasteiger partial charge in [0.25, 0.3) is 0 Å². The molecule has 17 heavy (non-hydrogen) atoms. The van der Waals surface area contributed by atoms with Crippen LogP contribution in [0.4, 0.5) is 8.78 Å². The molecule has 0 nitrogen and oxygen atoms in total. The van der Waals surface area contributed by atoms with Crippen molar-refractivity contribution in [3.63, 3.8) is 0 Å². The summed E-state index contributed by atoms with van der Waals surface area (Å²) in [6, 6.07) is 10.3. The molecule has 0 unspecified atom stereocenters. The van der Waals surface area contributed by atoms with Gasteiger partial charge >= 0.3 is 110 Å². The predicted octanol–water partition coefficient (Wildman–Crippen LogP) is 0.710. The number of hydrogen-bond acceptors (Lipinski definition) is 0. The molecule has 0 N–H and O–H groups in total. The molecule has 0 atom stereocenters. The minimum absolute atomic E-state index is 0.224. The normalized spacial score (nSPS) is 10.8. The van der Waals surface area contributed by atoms with E-state index in [0.29, 0.717) is 7.14 Å². The van der Waals surface area contributed by atoms with Gasteiger partial charge in [-0.3, -0.25) is 0 Å². The quantitative estimate of drug-likeness (QED) is 0.704. The topological polar surface area (TPSA) is 0 Å². The van der Waals surface area contributed by atoms with Gasteiger partial charge in [-0.25, -0.2) is 0 Å². The van der Waals surface area contributed by atoms with Crippen LogP contribution in [0.25, 0.3) is 0 Å². The molecule has 0 saturated heterocycles. The third-order valence-corrected chi connectivity index (χ3v) is 5.27. The van der Waals surface area contributed by atoms with E-state index in [0.717, 1.165) is 11.1 Å². The molecule has 0 radical (unpaired) electrons. The molecule has 0 aliphatic carbocycles. The van der Waals surface area contributed by atoms with Crippen LogP contribution in [0, 0.1) is 32.6 Å². The van der Waals surface area contributed by atoms with Crippen LogP contribution in [-0.2, 0) is 0 Å². The fourth-order valence-electron chi connectivity index (χ4n) is 1.47. The summed E-state index contributed by atoms with van der Waals surface area (Å²) >= 11 is -0.790. The molecule has 2 rings (SSSR count). The van der Waals surface area contributed by atoms with E-state index >= 15 is 0 Å². The van der Waals surface area contributed by atoms with Crippen LogP contribution in [0.2, 0.25) is 0 Å². The van der Waals surface area contributed by atoms with Crippen LogP contribution in [0.15, 0.2) is 36.4 Å². The van der Waals surface area contributed by atoms with E-state index in [1.807, 2.05) is 26.0 Å². The molecule has 3 heteroatoms. The summed E-state index contributed by atoms with van der Waals surface area (Å²) in [6.07, 6.45) is 0. The molecule has 0 aromatic heterocycles. The van der Waals surface area contributed by atoms with E-state index in [2.05, 4.69) is 0 Å². The zero-order valence-corrected chi connectivity index (χ0v) is 11.8. The summed E-state index contributed by atoms with van der Waals surface area (Å²) < 4.78 is 28.6. The van der Waals surface area contributed by atoms with E-state index in [1.54, 1.807) is 12.1 Å². The van der Waals surface area contributed by atoms with Gasteiger partial charge in [-0.2, -0.15) is 0 Å². The third kappa shape index (κ3) is 3.03. The van der Waals surface area contributed by atoms with Crippen LogP contribution in [-0.4, -0.2) is 0 Å². The Morgan fingerprint density at radius 3 is 1.53 bits per heavy atom. The average Bonchev–Trinajstić information content (AvgIpc) is 2.25. The van der Waals surface area contributed by atoms with E-state index in [1.165, 1.54) is 12.1 Å². The molecule has 0 heterocycles. The molecule has 0 aliphatic rings. The standard InChI is InChI=1S/C14H12F2I/c1-9-3-5-13(11(15)7-9)17-14-6-4-10(2)8-12(14)16/h3-8H,1-2H3/q-1. The molecule has 0 fully saturated rings. The van der Waals surface area contributed by atoms with Gasteiger partial charge in [-0.1, -0.05) is 0 Å². The van der Waals surface area contributed by atoms with Crippen molar-refractivity contribution in [2.45, 2.75) is 13.8 Å². The van der Waals surface area contributed by atoms with Crippen LogP contribution in [0.1, 0.15) is 11.1 Å². The molecule has 0 aliphatic heterocycles. The van der Waals surface area contributed by atoms with Crippen molar-refractivity contribution in [3.05, 3.63) is 66.3 Å². The Labute approximate surface area is 110 Å². The second kappa shape index (κ2) is 5.12. The first-order valence-corrected chi connectivity index (χ1v) is 7.39. The van der Waals surface area contributed by atoms with Gasteiger partial charge in [0, 0.05) is 0 Å². The first-order chi connectivity index (χ1) is 8.06. The van der Waals surface area contributed by atoms with Crippen molar-refractivity contribution in [2.75, 3.05) is 0 Å². The zero-order chi connectivity index (χ0) is 12.4. The number of rotatable bonds is 2. The Hall–Kier alpha value is -0.970. The molecule has 2 aromatic carbocycles. The van der Waals surface area contributed by atoms with E-state index < -0.39 is 21.2 Å². The third-order valence-electron chi connectivity index (χ3n) is 2.35. The summed E-state index contributed by atoms with van der Waals surface area (Å²) in [7, 11) is 0. The van der Waals surface area contributed by atoms with Gasteiger partial charge < -0.3 is 0 Å². The van der Waals surface area contributed by atoms with Crippen LogP contribution >= 0.6 is 0 Å². The molecular formula is C14H12F2I-. The number of halogens is 3. The predicted molar refractivity (Wildman–Crippen MR) is 59.7 cm³/mol. The fourth-order valence-corrected chi connectivity index (χ4v) is 3.64. The van der Waals surface area contributed by atoms with E-state index in [9.17, 15) is 8.78 Å². The van der Waals surface area contributed by atoms with E-state index in [-0.39, 0.29) is 11.6 Å². The second-order valence-corrected chi connectivity index (χ2v) is 6.79. The molecule has 0 bridgehead atoms. The van der Waals surface area contributed by atoms with Crippen molar-refractivity contribution in [3.8, 4) is 0 Å². The van der Waals surface area contributed by atoms with Crippen LogP contribution in [0.3, 0.4) is 0 Å². The summed E-state index contributed by atoms with van der Waals surface area (Å²) in [4.78, 5) is 0.